The fourth-order valence-electron chi connectivity index (χ4n) is 1.72. The first kappa shape index (κ1) is 12.4. The highest BCUT2D eigenvalue weighted by Gasteiger charge is 2.04. The molecule has 2 aromatic rings. The topological polar surface area (TPSA) is 29.9 Å². The first-order chi connectivity index (χ1) is 8.16. The smallest absolute Gasteiger partial charge is 0.0951 e. The normalized spacial score (nSPS) is 10.8. The van der Waals surface area contributed by atoms with Crippen molar-refractivity contribution in [3.63, 3.8) is 0 Å². The third kappa shape index (κ3) is 3.21. The number of aromatic nitrogens is 2. The van der Waals surface area contributed by atoms with Crippen LogP contribution in [0.5, 0.6) is 0 Å². The largest absolute Gasteiger partial charge is 0.379 e. The molecule has 1 aromatic heterocycles. The Morgan fingerprint density at radius 2 is 2.24 bits per heavy atom. The zero-order valence-corrected chi connectivity index (χ0v) is 12.2. The van der Waals surface area contributed by atoms with Crippen LogP contribution in [0.25, 0.3) is 0 Å². The Hall–Kier alpha value is -1.04. The van der Waals surface area contributed by atoms with E-state index in [1.54, 1.807) is 0 Å². The summed E-state index contributed by atoms with van der Waals surface area (Å²) in [6.45, 7) is 5.13. The van der Waals surface area contributed by atoms with E-state index < -0.39 is 0 Å². The predicted octanol–water partition coefficient (Wildman–Crippen LogP) is 3.68. The predicted molar refractivity (Wildman–Crippen MR) is 79.1 cm³/mol. The maximum Gasteiger partial charge on any atom is 0.0951 e. The Bertz CT molecular complexity index is 491. The molecule has 0 aliphatic rings. The van der Waals surface area contributed by atoms with Gasteiger partial charge in [-0.3, -0.25) is 0 Å². The summed E-state index contributed by atoms with van der Waals surface area (Å²) in [5.74, 6) is 0. The van der Waals surface area contributed by atoms with Crippen molar-refractivity contribution in [3.8, 4) is 0 Å². The lowest BCUT2D eigenvalue weighted by Gasteiger charge is -2.13. The van der Waals surface area contributed by atoms with E-state index in [4.69, 9.17) is 0 Å². The highest BCUT2D eigenvalue weighted by Crippen LogP contribution is 2.15. The van der Waals surface area contributed by atoms with Crippen LogP contribution in [0.15, 0.2) is 36.8 Å². The van der Waals surface area contributed by atoms with Crippen molar-refractivity contribution >= 4 is 28.3 Å². The van der Waals surface area contributed by atoms with Crippen molar-refractivity contribution in [2.45, 2.75) is 26.4 Å². The summed E-state index contributed by atoms with van der Waals surface area (Å²) in [7, 11) is 0. The Kier molecular flexibility index (Phi) is 4.04. The zero-order chi connectivity index (χ0) is 12.3. The number of benzene rings is 1. The summed E-state index contributed by atoms with van der Waals surface area (Å²) in [5.41, 5.74) is 2.35. The highest BCUT2D eigenvalue weighted by atomic mass is 127. The minimum atomic E-state index is 0.449. The van der Waals surface area contributed by atoms with Gasteiger partial charge in [0.2, 0.25) is 0 Å². The van der Waals surface area contributed by atoms with Gasteiger partial charge in [-0.1, -0.05) is 6.07 Å². The number of hydrogen-bond acceptors (Lipinski definition) is 2. The number of rotatable bonds is 4. The Balaban J connectivity index is 2.05. The Morgan fingerprint density at radius 1 is 1.41 bits per heavy atom. The van der Waals surface area contributed by atoms with Crippen molar-refractivity contribution in [1.29, 1.82) is 0 Å². The second kappa shape index (κ2) is 5.53. The SMILES string of the molecule is CC(C)n1cncc1CNc1cccc(I)c1. The number of halogens is 1. The molecular weight excluding hydrogens is 325 g/mol. The van der Waals surface area contributed by atoms with Crippen molar-refractivity contribution < 1.29 is 0 Å². The minimum absolute atomic E-state index is 0.449. The van der Waals surface area contributed by atoms with Crippen LogP contribution in [0.4, 0.5) is 5.69 Å². The van der Waals surface area contributed by atoms with Crippen molar-refractivity contribution in [1.82, 2.24) is 9.55 Å². The van der Waals surface area contributed by atoms with Gasteiger partial charge in [-0.25, -0.2) is 4.98 Å². The lowest BCUT2D eigenvalue weighted by Crippen LogP contribution is -2.08. The summed E-state index contributed by atoms with van der Waals surface area (Å²) in [4.78, 5) is 4.19. The summed E-state index contributed by atoms with van der Waals surface area (Å²) < 4.78 is 3.42. The molecule has 90 valence electrons. The van der Waals surface area contributed by atoms with E-state index in [0.29, 0.717) is 6.04 Å². The minimum Gasteiger partial charge on any atom is -0.379 e. The van der Waals surface area contributed by atoms with E-state index in [1.807, 2.05) is 12.5 Å². The van der Waals surface area contributed by atoms with Crippen LogP contribution in [-0.2, 0) is 6.54 Å². The first-order valence-electron chi connectivity index (χ1n) is 5.67. The van der Waals surface area contributed by atoms with Crippen LogP contribution in [0, 0.1) is 3.57 Å². The Labute approximate surface area is 115 Å². The first-order valence-corrected chi connectivity index (χ1v) is 6.75. The standard InChI is InChI=1S/C13H16IN3/c1-10(2)17-9-15-7-13(17)8-16-12-5-3-4-11(14)6-12/h3-7,9-10,16H,8H2,1-2H3. The molecule has 1 N–H and O–H groups in total. The molecule has 2 rings (SSSR count). The third-order valence-electron chi connectivity index (χ3n) is 2.60. The van der Waals surface area contributed by atoms with Gasteiger partial charge in [0, 0.05) is 21.5 Å². The molecule has 3 nitrogen and oxygen atoms in total. The molecule has 0 fully saturated rings. The fraction of sp³-hybridized carbons (Fsp3) is 0.308. The molecule has 0 saturated carbocycles. The maximum atomic E-state index is 4.19. The quantitative estimate of drug-likeness (QED) is 0.860. The number of imidazole rings is 1. The number of hydrogen-bond donors (Lipinski definition) is 1. The zero-order valence-electron chi connectivity index (χ0n) is 10.0. The molecule has 0 spiro atoms. The monoisotopic (exact) mass is 341 g/mol. The second-order valence-corrected chi connectivity index (χ2v) is 5.50. The van der Waals surface area contributed by atoms with E-state index >= 15 is 0 Å². The van der Waals surface area contributed by atoms with Crippen molar-refractivity contribution in [3.05, 3.63) is 46.1 Å². The number of anilines is 1. The third-order valence-corrected chi connectivity index (χ3v) is 3.27. The van der Waals surface area contributed by atoms with Crippen LogP contribution >= 0.6 is 22.6 Å². The maximum absolute atomic E-state index is 4.19. The van der Waals surface area contributed by atoms with Crippen molar-refractivity contribution in [2.24, 2.45) is 0 Å². The second-order valence-electron chi connectivity index (χ2n) is 4.25. The number of nitrogens with zero attached hydrogens (tertiary/aromatic N) is 2. The number of nitrogens with one attached hydrogen (secondary N) is 1. The van der Waals surface area contributed by atoms with Crippen LogP contribution in [0.1, 0.15) is 25.6 Å². The molecule has 0 amide bonds. The summed E-state index contributed by atoms with van der Waals surface area (Å²) >= 11 is 2.32. The molecule has 0 unspecified atom stereocenters. The average Bonchev–Trinajstić information content (AvgIpc) is 2.74. The average molecular weight is 341 g/mol. The molecule has 1 aromatic carbocycles. The summed E-state index contributed by atoms with van der Waals surface area (Å²) in [6, 6.07) is 8.81. The molecule has 0 saturated heterocycles. The van der Waals surface area contributed by atoms with E-state index in [0.717, 1.165) is 12.2 Å². The van der Waals surface area contributed by atoms with E-state index in [1.165, 1.54) is 9.26 Å². The molecule has 0 bridgehead atoms. The molecule has 0 atom stereocenters. The molecule has 1 heterocycles. The van der Waals surface area contributed by atoms with Crippen LogP contribution in [0.2, 0.25) is 0 Å². The van der Waals surface area contributed by atoms with Crippen LogP contribution in [-0.4, -0.2) is 9.55 Å². The molecular formula is C13H16IN3. The highest BCUT2D eigenvalue weighted by molar-refractivity contribution is 14.1. The van der Waals surface area contributed by atoms with Crippen LogP contribution < -0.4 is 5.32 Å². The lowest BCUT2D eigenvalue weighted by molar-refractivity contribution is 0.577. The van der Waals surface area contributed by atoms with E-state index in [9.17, 15) is 0 Å². The van der Waals surface area contributed by atoms with Gasteiger partial charge in [-0.05, 0) is 54.6 Å². The van der Waals surface area contributed by atoms with Crippen molar-refractivity contribution in [2.75, 3.05) is 5.32 Å². The molecule has 0 aliphatic heterocycles. The lowest BCUT2D eigenvalue weighted by atomic mass is 10.3. The van der Waals surface area contributed by atoms with Gasteiger partial charge >= 0.3 is 0 Å². The van der Waals surface area contributed by atoms with Gasteiger partial charge in [0.15, 0.2) is 0 Å². The molecule has 17 heavy (non-hydrogen) atoms. The van der Waals surface area contributed by atoms with Gasteiger partial charge in [-0.2, -0.15) is 0 Å². The van der Waals surface area contributed by atoms with Gasteiger partial charge < -0.3 is 9.88 Å². The van der Waals surface area contributed by atoms with E-state index in [-0.39, 0.29) is 0 Å². The molecule has 4 heteroatoms. The van der Waals surface area contributed by atoms with E-state index in [2.05, 4.69) is 75.6 Å². The summed E-state index contributed by atoms with van der Waals surface area (Å²) in [6.07, 6.45) is 3.80. The molecule has 0 aliphatic carbocycles. The summed E-state index contributed by atoms with van der Waals surface area (Å²) in [5, 5.41) is 3.42. The molecule has 0 radical (unpaired) electrons. The van der Waals surface area contributed by atoms with Gasteiger partial charge in [0.25, 0.3) is 0 Å². The Morgan fingerprint density at radius 3 is 2.94 bits per heavy atom. The fourth-order valence-corrected chi connectivity index (χ4v) is 2.27. The van der Waals surface area contributed by atoms with Crippen LogP contribution in [0.3, 0.4) is 0 Å². The van der Waals surface area contributed by atoms with Gasteiger partial charge in [0.05, 0.1) is 18.6 Å². The van der Waals surface area contributed by atoms with Gasteiger partial charge in [-0.15, -0.1) is 0 Å². The van der Waals surface area contributed by atoms with Gasteiger partial charge in [0.1, 0.15) is 0 Å².